The summed E-state index contributed by atoms with van der Waals surface area (Å²) in [5.74, 6) is 0.298. The Hall–Kier alpha value is -3.81. The summed E-state index contributed by atoms with van der Waals surface area (Å²) in [6.45, 7) is 0.136. The molecule has 0 aliphatic rings. The van der Waals surface area contributed by atoms with E-state index in [4.69, 9.17) is 0 Å². The van der Waals surface area contributed by atoms with Crippen LogP contribution in [0.3, 0.4) is 0 Å². The van der Waals surface area contributed by atoms with E-state index >= 15 is 0 Å². The Labute approximate surface area is 148 Å². The van der Waals surface area contributed by atoms with E-state index in [1.807, 2.05) is 24.3 Å². The van der Waals surface area contributed by atoms with Crippen molar-refractivity contribution in [3.63, 3.8) is 0 Å². The van der Waals surface area contributed by atoms with Crippen LogP contribution in [-0.2, 0) is 4.79 Å². The predicted octanol–water partition coefficient (Wildman–Crippen LogP) is 2.47. The molecule has 3 N–H and O–H groups in total. The number of anilines is 2. The molecule has 0 saturated heterocycles. The first-order valence-corrected chi connectivity index (χ1v) is 7.97. The fraction of sp³-hybridized carbons (Fsp3) is 0.0556. The van der Waals surface area contributed by atoms with E-state index in [0.717, 1.165) is 27.8 Å². The summed E-state index contributed by atoms with van der Waals surface area (Å²) in [5, 5.41) is 13.7. The monoisotopic (exact) mass is 345 g/mol. The van der Waals surface area contributed by atoms with Crippen LogP contribution in [0.5, 0.6) is 0 Å². The molecular weight excluding hydrogens is 330 g/mol. The number of aromatic nitrogens is 5. The summed E-state index contributed by atoms with van der Waals surface area (Å²) in [6, 6.07) is 9.31. The molecule has 0 aliphatic carbocycles. The van der Waals surface area contributed by atoms with Crippen molar-refractivity contribution < 1.29 is 4.79 Å². The number of fused-ring (bicyclic) bond motifs is 1. The second-order valence-corrected chi connectivity index (χ2v) is 5.60. The zero-order chi connectivity index (χ0) is 17.8. The number of carbonyl (C=O) groups is 1. The second-order valence-electron chi connectivity index (χ2n) is 5.60. The molecular formula is C18H15N7O. The average molecular weight is 345 g/mol. The van der Waals surface area contributed by atoms with Crippen molar-refractivity contribution in [3.05, 3.63) is 61.3 Å². The van der Waals surface area contributed by atoms with E-state index < -0.39 is 0 Å². The van der Waals surface area contributed by atoms with Crippen molar-refractivity contribution in [1.82, 2.24) is 25.1 Å². The molecule has 3 aromatic heterocycles. The summed E-state index contributed by atoms with van der Waals surface area (Å²) < 4.78 is 0. The quantitative estimate of drug-likeness (QED) is 0.513. The van der Waals surface area contributed by atoms with Crippen LogP contribution < -0.4 is 10.6 Å². The molecule has 8 nitrogen and oxygen atoms in total. The number of nitrogens with one attached hydrogen (secondary N) is 3. The highest BCUT2D eigenvalue weighted by Crippen LogP contribution is 2.17. The number of carbonyl (C=O) groups excluding carboxylic acids is 1. The van der Waals surface area contributed by atoms with Gasteiger partial charge in [0, 0.05) is 35.2 Å². The van der Waals surface area contributed by atoms with Crippen LogP contribution in [0.4, 0.5) is 11.5 Å². The van der Waals surface area contributed by atoms with E-state index in [9.17, 15) is 4.79 Å². The maximum atomic E-state index is 12.1. The summed E-state index contributed by atoms with van der Waals surface area (Å²) in [5.41, 5.74) is 3.37. The van der Waals surface area contributed by atoms with E-state index in [1.165, 1.54) is 0 Å². The number of hydrogen-bond donors (Lipinski definition) is 3. The molecule has 0 fully saturated rings. The third-order valence-electron chi connectivity index (χ3n) is 3.78. The van der Waals surface area contributed by atoms with Crippen molar-refractivity contribution >= 4 is 28.3 Å². The Bertz CT molecular complexity index is 1030. The molecule has 3 heterocycles. The van der Waals surface area contributed by atoms with Crippen LogP contribution in [0, 0.1) is 0 Å². The number of benzene rings is 1. The summed E-state index contributed by atoms with van der Waals surface area (Å²) in [7, 11) is 0. The third kappa shape index (κ3) is 3.48. The lowest BCUT2D eigenvalue weighted by Gasteiger charge is -2.08. The summed E-state index contributed by atoms with van der Waals surface area (Å²) >= 11 is 0. The fourth-order valence-electron chi connectivity index (χ4n) is 2.49. The van der Waals surface area contributed by atoms with Crippen LogP contribution in [0.25, 0.3) is 22.2 Å². The van der Waals surface area contributed by atoms with Gasteiger partial charge in [-0.2, -0.15) is 5.10 Å². The minimum atomic E-state index is -0.183. The Morgan fingerprint density at radius 2 is 2.00 bits per heavy atom. The van der Waals surface area contributed by atoms with Gasteiger partial charge in [-0.15, -0.1) is 0 Å². The number of pyridine rings is 1. The molecule has 0 aliphatic heterocycles. The van der Waals surface area contributed by atoms with E-state index in [2.05, 4.69) is 35.8 Å². The van der Waals surface area contributed by atoms with Gasteiger partial charge in [-0.05, 0) is 30.3 Å². The number of aromatic amines is 1. The van der Waals surface area contributed by atoms with Crippen molar-refractivity contribution in [2.24, 2.45) is 0 Å². The minimum Gasteiger partial charge on any atom is -0.376 e. The van der Waals surface area contributed by atoms with Crippen molar-refractivity contribution in [2.45, 2.75) is 0 Å². The molecule has 4 aromatic rings. The van der Waals surface area contributed by atoms with E-state index in [0.29, 0.717) is 5.82 Å². The lowest BCUT2D eigenvalue weighted by atomic mass is 10.2. The largest absolute Gasteiger partial charge is 0.376 e. The molecule has 0 bridgehead atoms. The Morgan fingerprint density at radius 3 is 2.81 bits per heavy atom. The van der Waals surface area contributed by atoms with Gasteiger partial charge in [-0.25, -0.2) is 4.98 Å². The standard InChI is InChI=1S/C18H15N7O/c26-18(11-21-14-2-3-15-13(7-14)9-23-25-15)24-17-4-1-12(8-22-17)16-10-19-5-6-20-16/h1-10,21H,11H2,(H,23,25)(H,22,24,26). The van der Waals surface area contributed by atoms with Gasteiger partial charge in [0.2, 0.25) is 5.91 Å². The van der Waals surface area contributed by atoms with Crippen LogP contribution in [0.1, 0.15) is 0 Å². The zero-order valence-corrected chi connectivity index (χ0v) is 13.7. The molecule has 1 aromatic carbocycles. The van der Waals surface area contributed by atoms with Crippen LogP contribution >= 0.6 is 0 Å². The smallest absolute Gasteiger partial charge is 0.244 e. The van der Waals surface area contributed by atoms with Gasteiger partial charge in [0.1, 0.15) is 5.82 Å². The molecule has 128 valence electrons. The SMILES string of the molecule is O=C(CNc1ccc2[nH]ncc2c1)Nc1ccc(-c2cnccn2)cn1. The molecule has 4 rings (SSSR count). The highest BCUT2D eigenvalue weighted by atomic mass is 16.1. The molecule has 26 heavy (non-hydrogen) atoms. The van der Waals surface area contributed by atoms with Crippen molar-refractivity contribution in [2.75, 3.05) is 17.2 Å². The first-order chi connectivity index (χ1) is 12.8. The van der Waals surface area contributed by atoms with Gasteiger partial charge >= 0.3 is 0 Å². The summed E-state index contributed by atoms with van der Waals surface area (Å²) in [4.78, 5) is 24.6. The highest BCUT2D eigenvalue weighted by Gasteiger charge is 2.05. The number of nitrogens with zero attached hydrogens (tertiary/aromatic N) is 4. The number of H-pyrrole nitrogens is 1. The Balaban J connectivity index is 1.35. The van der Waals surface area contributed by atoms with Gasteiger partial charge in [0.15, 0.2) is 0 Å². The van der Waals surface area contributed by atoms with Crippen LogP contribution in [-0.4, -0.2) is 37.6 Å². The third-order valence-corrected chi connectivity index (χ3v) is 3.78. The van der Waals surface area contributed by atoms with Gasteiger partial charge < -0.3 is 10.6 Å². The molecule has 0 saturated carbocycles. The van der Waals surface area contributed by atoms with E-state index in [-0.39, 0.29) is 12.5 Å². The van der Waals surface area contributed by atoms with Crippen molar-refractivity contribution in [1.29, 1.82) is 0 Å². The normalized spacial score (nSPS) is 10.6. The first kappa shape index (κ1) is 15.7. The van der Waals surface area contributed by atoms with Crippen molar-refractivity contribution in [3.8, 4) is 11.3 Å². The van der Waals surface area contributed by atoms with Gasteiger partial charge in [0.25, 0.3) is 0 Å². The predicted molar refractivity (Wildman–Crippen MR) is 98.5 cm³/mol. The molecule has 0 radical (unpaired) electrons. The highest BCUT2D eigenvalue weighted by molar-refractivity contribution is 5.93. The van der Waals surface area contributed by atoms with E-state index in [1.54, 1.807) is 37.1 Å². The van der Waals surface area contributed by atoms with Crippen LogP contribution in [0.2, 0.25) is 0 Å². The summed E-state index contributed by atoms with van der Waals surface area (Å²) in [6.07, 6.45) is 8.29. The number of amides is 1. The van der Waals surface area contributed by atoms with Crippen LogP contribution in [0.15, 0.2) is 61.3 Å². The Morgan fingerprint density at radius 1 is 1.04 bits per heavy atom. The second kappa shape index (κ2) is 6.98. The van der Waals surface area contributed by atoms with Gasteiger partial charge in [-0.3, -0.25) is 19.9 Å². The molecule has 8 heteroatoms. The lowest BCUT2D eigenvalue weighted by molar-refractivity contribution is -0.114. The zero-order valence-electron chi connectivity index (χ0n) is 13.7. The topological polar surface area (TPSA) is 108 Å². The maximum Gasteiger partial charge on any atom is 0.244 e. The average Bonchev–Trinajstić information content (AvgIpc) is 3.15. The molecule has 1 amide bonds. The number of rotatable bonds is 5. The lowest BCUT2D eigenvalue weighted by Crippen LogP contribution is -2.22. The minimum absolute atomic E-state index is 0.136. The van der Waals surface area contributed by atoms with Gasteiger partial charge in [0.05, 0.1) is 30.1 Å². The number of hydrogen-bond acceptors (Lipinski definition) is 6. The molecule has 0 atom stereocenters. The first-order valence-electron chi connectivity index (χ1n) is 7.97. The fourth-order valence-corrected chi connectivity index (χ4v) is 2.49. The Kier molecular flexibility index (Phi) is 4.21. The molecule has 0 spiro atoms. The maximum absolute atomic E-state index is 12.1. The van der Waals surface area contributed by atoms with Gasteiger partial charge in [-0.1, -0.05) is 0 Å². The molecule has 0 unspecified atom stereocenters.